The molecule has 0 radical (unpaired) electrons. The molecule has 0 aromatic rings. The van der Waals surface area contributed by atoms with Gasteiger partial charge in [-0.2, -0.15) is 0 Å². The van der Waals surface area contributed by atoms with Crippen LogP contribution in [-0.4, -0.2) is 111 Å². The average Bonchev–Trinajstić information content (AvgIpc) is 2.60. The minimum absolute atomic E-state index is 0.0552. The molecule has 94 heavy (non-hydrogen) atoms. The van der Waals surface area contributed by atoms with Crippen molar-refractivity contribution in [2.45, 2.75) is 379 Å². The molecule has 0 aromatic heterocycles. The van der Waals surface area contributed by atoms with E-state index in [4.69, 9.17) is 37.0 Å². The summed E-state index contributed by atoms with van der Waals surface area (Å²) in [6.45, 7) is 2.40. The number of carbonyl (C=O) groups excluding carboxylic acids is 4. The van der Waals surface area contributed by atoms with Crippen LogP contribution in [0.15, 0.2) is 24.3 Å². The molecule has 19 heteroatoms. The molecule has 0 saturated heterocycles. The molecule has 0 amide bonds. The Hall–Kier alpha value is -2.14. The van der Waals surface area contributed by atoms with Crippen LogP contribution < -0.4 is 0 Å². The van der Waals surface area contributed by atoms with Gasteiger partial charge in [0, 0.05) is 38.9 Å². The van der Waals surface area contributed by atoms with Crippen LogP contribution in [0, 0.1) is 0 Å². The number of aldehydes is 2. The minimum atomic E-state index is -4.84. The number of allylic oxidation sites excluding steroid dienone is 4. The number of phosphoric ester groups is 2. The molecule has 3 N–H and O–H groups in total. The lowest BCUT2D eigenvalue weighted by Gasteiger charge is -2.21. The molecular weight excluding hydrogens is 1230 g/mol. The third-order valence-corrected chi connectivity index (χ3v) is 18.9. The summed E-state index contributed by atoms with van der Waals surface area (Å²) in [6.07, 6.45) is 65.6. The summed E-state index contributed by atoms with van der Waals surface area (Å²) in [5, 5.41) is 10.6. The standard InChI is InChI=1S/C75H142O17P2/c1-3-5-7-9-11-13-15-23-29-35-41-47-53-59-74(79)87-68-72(86-64-58-52-46-40-34-28-22-20-26-32-38-44-50-56-62-77)69-90-93(81,82)88-65-71(78)66-89-94(83,84)91-70-73(92-75(80)60-54-48-42-36-30-24-16-14-12-10-8-6-4-2)67-85-63-57-51-45-39-33-27-21-18-17-19-25-31-37-43-49-55-61-76/h17,19-20,22,61-62,71-73,78H,3-16,18,21,23-60,63-70H2,1-2H3,(H,81,82)(H,83,84)/b19-17-,22-20-/t71-,72+,73+/m0/s1. The van der Waals surface area contributed by atoms with Crippen LogP contribution in [0.5, 0.6) is 0 Å². The smallest absolute Gasteiger partial charge is 0.463 e. The maximum Gasteiger partial charge on any atom is 0.472 e. The van der Waals surface area contributed by atoms with Crippen molar-refractivity contribution in [3.63, 3.8) is 0 Å². The van der Waals surface area contributed by atoms with Crippen LogP contribution >= 0.6 is 15.6 Å². The average molecular weight is 1380 g/mol. The minimum Gasteiger partial charge on any atom is -0.463 e. The molecule has 0 fully saturated rings. The van der Waals surface area contributed by atoms with E-state index < -0.39 is 66.4 Å². The van der Waals surface area contributed by atoms with Crippen molar-refractivity contribution >= 4 is 40.2 Å². The molecule has 0 aromatic carbocycles. The van der Waals surface area contributed by atoms with Crippen molar-refractivity contribution in [2.75, 3.05) is 52.9 Å². The molecule has 0 spiro atoms. The fraction of sp³-hybridized carbons (Fsp3) is 0.893. The highest BCUT2D eigenvalue weighted by molar-refractivity contribution is 7.47. The Morgan fingerprint density at radius 2 is 0.638 bits per heavy atom. The van der Waals surface area contributed by atoms with E-state index in [1.54, 1.807) is 0 Å². The third kappa shape index (κ3) is 71.2. The summed E-state index contributed by atoms with van der Waals surface area (Å²) in [7, 11) is -9.66. The first-order chi connectivity index (χ1) is 45.9. The summed E-state index contributed by atoms with van der Waals surface area (Å²) < 4.78 is 69.9. The van der Waals surface area contributed by atoms with E-state index in [1.165, 1.54) is 148 Å². The highest BCUT2D eigenvalue weighted by Gasteiger charge is 2.29. The van der Waals surface area contributed by atoms with Crippen LogP contribution in [0.4, 0.5) is 0 Å². The van der Waals surface area contributed by atoms with Crippen LogP contribution in [0.2, 0.25) is 0 Å². The molecular formula is C75H142O17P2. The first-order valence-corrected chi connectivity index (χ1v) is 41.5. The second-order valence-corrected chi connectivity index (χ2v) is 29.1. The quantitative estimate of drug-likeness (QED) is 0.0169. The van der Waals surface area contributed by atoms with Crippen molar-refractivity contribution in [3.05, 3.63) is 24.3 Å². The van der Waals surface area contributed by atoms with Gasteiger partial charge in [0.1, 0.15) is 37.5 Å². The molecule has 17 nitrogen and oxygen atoms in total. The highest BCUT2D eigenvalue weighted by Crippen LogP contribution is 2.45. The number of hydrogen-bond acceptors (Lipinski definition) is 15. The van der Waals surface area contributed by atoms with Crippen LogP contribution in [-0.2, 0) is 65.4 Å². The number of rotatable bonds is 78. The van der Waals surface area contributed by atoms with Crippen molar-refractivity contribution in [2.24, 2.45) is 0 Å². The van der Waals surface area contributed by atoms with Gasteiger partial charge in [-0.05, 0) is 89.9 Å². The van der Waals surface area contributed by atoms with Gasteiger partial charge in [0.05, 0.1) is 33.0 Å². The van der Waals surface area contributed by atoms with Gasteiger partial charge in [0.25, 0.3) is 0 Å². The summed E-state index contributed by atoms with van der Waals surface area (Å²) in [4.78, 5) is 67.9. The van der Waals surface area contributed by atoms with Crippen LogP contribution in [0.25, 0.3) is 0 Å². The number of hydrogen-bond donors (Lipinski definition) is 3. The van der Waals surface area contributed by atoms with Gasteiger partial charge < -0.3 is 43.4 Å². The fourth-order valence-electron chi connectivity index (χ4n) is 11.0. The topological polar surface area (TPSA) is 237 Å². The SMILES string of the molecule is CCCCCCCCCCCCCCCC(=O)OC[C@H](COP(=O)(O)OC[C@H](O)COP(=O)(O)OC[C@@H](COCCCCCCCCC/C=C\CCCCCCC=O)OC(=O)CCCCCCCCCCCCCCC)OCCCCCCC/C=C\CCCCCCC=O. The first-order valence-electron chi connectivity index (χ1n) is 38.5. The van der Waals surface area contributed by atoms with Gasteiger partial charge in [0.2, 0.25) is 0 Å². The predicted octanol–water partition coefficient (Wildman–Crippen LogP) is 21.1. The van der Waals surface area contributed by atoms with Gasteiger partial charge in [0.15, 0.2) is 0 Å². The van der Waals surface area contributed by atoms with E-state index >= 15 is 0 Å². The summed E-state index contributed by atoms with van der Waals surface area (Å²) in [5.74, 6) is -0.838. The third-order valence-electron chi connectivity index (χ3n) is 17.0. The number of carbonyl (C=O) groups is 4. The van der Waals surface area contributed by atoms with Crippen molar-refractivity contribution < 1.29 is 80.2 Å². The zero-order chi connectivity index (χ0) is 68.6. The van der Waals surface area contributed by atoms with Gasteiger partial charge in [-0.1, -0.05) is 269 Å². The Labute approximate surface area is 573 Å². The molecule has 0 rings (SSSR count). The number of phosphoric acid groups is 2. The van der Waals surface area contributed by atoms with E-state index in [0.29, 0.717) is 38.9 Å². The van der Waals surface area contributed by atoms with Crippen LogP contribution in [0.1, 0.15) is 361 Å². The maximum atomic E-state index is 13.1. The number of aliphatic hydroxyl groups is 1. The van der Waals surface area contributed by atoms with Gasteiger partial charge >= 0.3 is 27.6 Å². The van der Waals surface area contributed by atoms with E-state index in [1.807, 2.05) is 0 Å². The Morgan fingerprint density at radius 3 is 1.01 bits per heavy atom. The van der Waals surface area contributed by atoms with E-state index in [0.717, 1.165) is 173 Å². The van der Waals surface area contributed by atoms with Crippen LogP contribution in [0.3, 0.4) is 0 Å². The first kappa shape index (κ1) is 91.9. The molecule has 5 atom stereocenters. The number of unbranched alkanes of at least 4 members (excludes halogenated alkanes) is 46. The summed E-state index contributed by atoms with van der Waals surface area (Å²) in [6, 6.07) is 0. The lowest BCUT2D eigenvalue weighted by Crippen LogP contribution is -2.29. The highest BCUT2D eigenvalue weighted by atomic mass is 31.2. The summed E-state index contributed by atoms with van der Waals surface area (Å²) >= 11 is 0. The van der Waals surface area contributed by atoms with Crippen molar-refractivity contribution in [3.8, 4) is 0 Å². The maximum absolute atomic E-state index is 13.1. The molecule has 0 aliphatic carbocycles. The Bertz CT molecular complexity index is 1820. The Morgan fingerprint density at radius 1 is 0.340 bits per heavy atom. The summed E-state index contributed by atoms with van der Waals surface area (Å²) in [5.41, 5.74) is 0. The lowest BCUT2D eigenvalue weighted by molar-refractivity contribution is -0.154. The molecule has 554 valence electrons. The van der Waals surface area contributed by atoms with Gasteiger partial charge in [-0.15, -0.1) is 0 Å². The van der Waals surface area contributed by atoms with Crippen molar-refractivity contribution in [1.29, 1.82) is 0 Å². The molecule has 0 saturated carbocycles. The predicted molar refractivity (Wildman–Crippen MR) is 382 cm³/mol. The molecule has 0 heterocycles. The monoisotopic (exact) mass is 1380 g/mol. The molecule has 0 bridgehead atoms. The zero-order valence-corrected chi connectivity index (χ0v) is 61.8. The van der Waals surface area contributed by atoms with E-state index in [9.17, 15) is 43.2 Å². The zero-order valence-electron chi connectivity index (χ0n) is 60.0. The van der Waals surface area contributed by atoms with Gasteiger partial charge in [-0.25, -0.2) is 9.13 Å². The Kier molecular flexibility index (Phi) is 70.5. The largest absolute Gasteiger partial charge is 0.472 e. The van der Waals surface area contributed by atoms with E-state index in [-0.39, 0.29) is 32.0 Å². The van der Waals surface area contributed by atoms with Crippen molar-refractivity contribution in [1.82, 2.24) is 0 Å². The normalized spacial score (nSPS) is 14.1. The second kappa shape index (κ2) is 72.1. The number of aliphatic hydroxyl groups excluding tert-OH is 1. The molecule has 2 unspecified atom stereocenters. The lowest BCUT2D eigenvalue weighted by atomic mass is 10.0. The Balaban J connectivity index is 5.14. The fourth-order valence-corrected chi connectivity index (χ4v) is 12.6. The number of esters is 2. The van der Waals surface area contributed by atoms with E-state index in [2.05, 4.69) is 38.2 Å². The van der Waals surface area contributed by atoms with Gasteiger partial charge in [-0.3, -0.25) is 27.7 Å². The number of ether oxygens (including phenoxy) is 4. The molecule has 0 aliphatic heterocycles. The second-order valence-electron chi connectivity index (χ2n) is 26.2. The molecule has 0 aliphatic rings.